The van der Waals surface area contributed by atoms with Crippen molar-refractivity contribution < 1.29 is 26.0 Å². The van der Waals surface area contributed by atoms with E-state index in [4.69, 9.17) is 39.3 Å². The fraction of sp³-hybridized carbons (Fsp3) is 0. The molecule has 9 heteroatoms. The van der Waals surface area contributed by atoms with E-state index in [1.165, 1.54) is 31.8 Å². The fourth-order valence-corrected chi connectivity index (χ4v) is 9.78. The normalized spacial score (nSPS) is 9.42. The quantitative estimate of drug-likeness (QED) is 0.100. The molecule has 0 aliphatic rings. The standard InChI is InChI=1S/2C18H15P.2ClH.Mo.2NO/c2*1-4-10-16(11-5-1)19(17-12-6-2-7-13-17)18-14-8-3-9-15-18;;;;2*1-2/h2*1-15H;2*1H;;;/q;;;;+2;2*+1. The number of hydrogen-bond acceptors (Lipinski definition) is 2. The van der Waals surface area contributed by atoms with E-state index in [2.05, 4.69) is 182 Å². The Hall–Kier alpha value is -3.21. The van der Waals surface area contributed by atoms with Crippen LogP contribution >= 0.6 is 34.7 Å². The maximum atomic E-state index is 7.25. The maximum Gasteiger partial charge on any atom is 0.102 e. The van der Waals surface area contributed by atoms with Crippen LogP contribution in [0, 0.1) is 10.9 Å². The molecule has 45 heavy (non-hydrogen) atoms. The first kappa shape index (κ1) is 38.0. The second-order valence-corrected chi connectivity index (χ2v) is 17.0. The summed E-state index contributed by atoms with van der Waals surface area (Å²) in [5, 5.41) is 8.61. The van der Waals surface area contributed by atoms with Gasteiger partial charge in [-0.1, -0.05) is 109 Å². The van der Waals surface area contributed by atoms with Crippen LogP contribution in [-0.4, -0.2) is 0 Å². The summed E-state index contributed by atoms with van der Waals surface area (Å²) in [6.07, 6.45) is 0. The molecule has 0 saturated heterocycles. The summed E-state index contributed by atoms with van der Waals surface area (Å²) in [6, 6.07) is 65.0. The van der Waals surface area contributed by atoms with Crippen molar-refractivity contribution in [3.05, 3.63) is 182 Å². The molecule has 0 spiro atoms. The third-order valence-corrected chi connectivity index (χ3v) is 11.8. The Morgan fingerprint density at radius 3 is 0.533 bits per heavy atom. The summed E-state index contributed by atoms with van der Waals surface area (Å²) < 4.78 is 14.5. The Labute approximate surface area is 283 Å². The van der Waals surface area contributed by atoms with Crippen LogP contribution in [0.2, 0.25) is 0 Å². The Balaban J connectivity index is 0.000000262. The van der Waals surface area contributed by atoms with Crippen molar-refractivity contribution in [3.8, 4) is 0 Å². The van der Waals surface area contributed by atoms with Crippen molar-refractivity contribution in [1.29, 1.82) is 10.9 Å². The van der Waals surface area contributed by atoms with Crippen LogP contribution < -0.4 is 31.8 Å². The second kappa shape index (κ2) is 24.1. The minimum atomic E-state index is -0.877. The first-order valence-corrected chi connectivity index (χ1v) is 21.8. The summed E-state index contributed by atoms with van der Waals surface area (Å²) in [6.45, 7) is 0. The van der Waals surface area contributed by atoms with Crippen molar-refractivity contribution >= 4 is 66.5 Å². The van der Waals surface area contributed by atoms with Crippen LogP contribution in [0.3, 0.4) is 0 Å². The molecule has 0 bridgehead atoms. The predicted molar refractivity (Wildman–Crippen MR) is 190 cm³/mol. The van der Waals surface area contributed by atoms with Gasteiger partial charge >= 0.3 is 55.8 Å². The molecular weight excluding hydrogens is 721 g/mol. The molecule has 6 aromatic rings. The monoisotopic (exact) mass is 754 g/mol. The van der Waals surface area contributed by atoms with Crippen molar-refractivity contribution in [3.63, 3.8) is 0 Å². The molecule has 0 radical (unpaired) electrons. The molecule has 6 rings (SSSR count). The zero-order chi connectivity index (χ0) is 32.5. The van der Waals surface area contributed by atoms with Gasteiger partial charge in [-0.15, -0.1) is 0 Å². The van der Waals surface area contributed by atoms with Gasteiger partial charge in [0.2, 0.25) is 0 Å². The molecule has 0 atom stereocenters. The largest absolute Gasteiger partial charge is 0.102 e. The first-order chi connectivity index (χ1) is 22.3. The van der Waals surface area contributed by atoms with E-state index in [0.717, 1.165) is 0 Å². The number of rotatable bonds is 6. The van der Waals surface area contributed by atoms with E-state index in [9.17, 15) is 0 Å². The van der Waals surface area contributed by atoms with Crippen LogP contribution in [0.5, 0.6) is 0 Å². The molecule has 0 aromatic heterocycles. The number of hydrogen-bond donors (Lipinski definition) is 0. The third kappa shape index (κ3) is 13.0. The van der Waals surface area contributed by atoms with Gasteiger partial charge in [0.05, 0.1) is 15.8 Å². The minimum absolute atomic E-state index is 0.586. The zero-order valence-electron chi connectivity index (χ0n) is 24.2. The Morgan fingerprint density at radius 1 is 0.311 bits per heavy atom. The fourth-order valence-electron chi connectivity index (χ4n) is 4.63. The molecule has 0 unspecified atom stereocenters. The molecule has 0 heterocycles. The molecule has 0 fully saturated rings. The van der Waals surface area contributed by atoms with Gasteiger partial charge < -0.3 is 0 Å². The van der Waals surface area contributed by atoms with Gasteiger partial charge in [0, 0.05) is 0 Å². The van der Waals surface area contributed by atoms with Crippen LogP contribution in [-0.2, 0) is 26.0 Å². The van der Waals surface area contributed by atoms with Crippen LogP contribution in [0.15, 0.2) is 182 Å². The van der Waals surface area contributed by atoms with E-state index in [1.807, 2.05) is 0 Å². The van der Waals surface area contributed by atoms with Crippen molar-refractivity contribution in [1.82, 2.24) is 0 Å². The molecule has 0 amide bonds. The minimum Gasteiger partial charge on any atom is -0.0620 e. The summed E-state index contributed by atoms with van der Waals surface area (Å²) >= 11 is -0.586. The average Bonchev–Trinajstić information content (AvgIpc) is 3.14. The Morgan fingerprint density at radius 2 is 0.422 bits per heavy atom. The van der Waals surface area contributed by atoms with Gasteiger partial charge in [0.1, 0.15) is 31.8 Å². The number of benzene rings is 6. The second-order valence-electron chi connectivity index (χ2n) is 9.00. The average molecular weight is 753 g/mol. The summed E-state index contributed by atoms with van der Waals surface area (Å²) in [5.41, 5.74) is 11.5. The van der Waals surface area contributed by atoms with Crippen LogP contribution in [0.4, 0.5) is 0 Å². The van der Waals surface area contributed by atoms with E-state index < -0.39 is 32.3 Å². The summed E-state index contributed by atoms with van der Waals surface area (Å²) in [7, 11) is 8.03. The van der Waals surface area contributed by atoms with Crippen molar-refractivity contribution in [2.45, 2.75) is 0 Å². The van der Waals surface area contributed by atoms with Gasteiger partial charge in [-0.3, -0.25) is 0 Å². The first-order valence-electron chi connectivity index (χ1n) is 13.6. The van der Waals surface area contributed by atoms with Crippen LogP contribution in [0.25, 0.3) is 0 Å². The summed E-state index contributed by atoms with van der Waals surface area (Å²) in [4.78, 5) is 0. The smallest absolute Gasteiger partial charge is 0.0620 e. The van der Waals surface area contributed by atoms with E-state index in [-0.39, 0.29) is 0 Å². The third-order valence-electron chi connectivity index (χ3n) is 6.37. The van der Waals surface area contributed by atoms with Gasteiger partial charge in [0.15, 0.2) is 0 Å². The van der Waals surface area contributed by atoms with Crippen molar-refractivity contribution in [2.75, 3.05) is 0 Å². The van der Waals surface area contributed by atoms with Crippen LogP contribution in [0.1, 0.15) is 0 Å². The molecule has 0 N–H and O–H groups in total. The molecular formula is C36H32Cl2MoN2O2P2+4. The molecule has 0 aliphatic carbocycles. The Bertz CT molecular complexity index is 1310. The van der Waals surface area contributed by atoms with Gasteiger partial charge in [-0.2, -0.15) is 0 Å². The topological polar surface area (TPSA) is 87.4 Å². The molecule has 224 valence electrons. The SMILES string of the molecule is N#[O+].N#[O+].[Cl][Mo][Cl].c1ccc([PH+](c2ccccc2)c2ccccc2)cc1.c1ccc([PH+](c2ccccc2)c2ccccc2)cc1. The molecule has 4 nitrogen and oxygen atoms in total. The van der Waals surface area contributed by atoms with Crippen molar-refractivity contribution in [2.24, 2.45) is 0 Å². The van der Waals surface area contributed by atoms with E-state index >= 15 is 0 Å². The number of halogens is 2. The molecule has 0 saturated carbocycles. The molecule has 0 aliphatic heterocycles. The zero-order valence-corrected chi connectivity index (χ0v) is 29.7. The van der Waals surface area contributed by atoms with Gasteiger partial charge in [-0.25, -0.2) is 0 Å². The van der Waals surface area contributed by atoms with Gasteiger partial charge in [0.25, 0.3) is 0 Å². The summed E-state index contributed by atoms with van der Waals surface area (Å²) in [5.74, 6) is 0. The Kier molecular flexibility index (Phi) is 20.3. The molecule has 6 aromatic carbocycles. The van der Waals surface area contributed by atoms with E-state index in [1.54, 1.807) is 0 Å². The van der Waals surface area contributed by atoms with E-state index in [0.29, 0.717) is 0 Å². The predicted octanol–water partition coefficient (Wildman–Crippen LogP) is 7.52. The van der Waals surface area contributed by atoms with Gasteiger partial charge in [-0.05, 0) is 72.8 Å². The maximum absolute atomic E-state index is 7.25. The number of nitrogens with zero attached hydrogens (tertiary/aromatic N) is 2.